The minimum absolute atomic E-state index is 0.104. The fraction of sp³-hybridized carbons (Fsp3) is 0.653. The minimum Gasteiger partial charge on any atom is -0.466 e. The number of piperidine rings is 1. The lowest BCUT2D eigenvalue weighted by Gasteiger charge is -2.37. The molecule has 2 amide bonds. The number of carbonyl (C=O) groups excluding carboxylic acids is 3. The van der Waals surface area contributed by atoms with E-state index in [2.05, 4.69) is 77.0 Å². The van der Waals surface area contributed by atoms with Crippen molar-refractivity contribution in [2.75, 3.05) is 19.8 Å². The highest BCUT2D eigenvalue weighted by molar-refractivity contribution is 6.16. The van der Waals surface area contributed by atoms with Gasteiger partial charge in [-0.15, -0.1) is 0 Å². The molecule has 0 spiro atoms. The van der Waals surface area contributed by atoms with Crippen LogP contribution in [0.4, 0.5) is 0 Å². The number of aromatic amines is 1. The van der Waals surface area contributed by atoms with Gasteiger partial charge in [0.2, 0.25) is 5.91 Å². The van der Waals surface area contributed by atoms with Crippen molar-refractivity contribution in [2.45, 2.75) is 158 Å². The summed E-state index contributed by atoms with van der Waals surface area (Å²) in [4.78, 5) is 58.4. The van der Waals surface area contributed by atoms with Crippen molar-refractivity contribution >= 4 is 41.4 Å². The third-order valence-corrected chi connectivity index (χ3v) is 13.6. The van der Waals surface area contributed by atoms with Crippen molar-refractivity contribution in [2.24, 2.45) is 39.6 Å². The summed E-state index contributed by atoms with van der Waals surface area (Å²) in [5.74, 6) is -1.18. The average molecular weight is 810 g/mol. The molecule has 10 heteroatoms. The summed E-state index contributed by atoms with van der Waals surface area (Å²) < 4.78 is 12.1. The van der Waals surface area contributed by atoms with Gasteiger partial charge in [-0.25, -0.2) is 0 Å². The molecule has 1 aromatic heterocycles. The van der Waals surface area contributed by atoms with E-state index in [1.54, 1.807) is 0 Å². The molecule has 322 valence electrons. The maximum atomic E-state index is 14.9. The second-order valence-corrected chi connectivity index (χ2v) is 17.7. The number of nitrogens with zero attached hydrogens (tertiary/aromatic N) is 3. The summed E-state index contributed by atoms with van der Waals surface area (Å²) in [5.41, 5.74) is 8.05. The fourth-order valence-electron chi connectivity index (χ4n) is 9.96. The van der Waals surface area contributed by atoms with Crippen LogP contribution >= 0.6 is 0 Å². The third kappa shape index (κ3) is 9.33. The van der Waals surface area contributed by atoms with Crippen LogP contribution in [0.3, 0.4) is 0 Å². The fourth-order valence-corrected chi connectivity index (χ4v) is 9.96. The maximum absolute atomic E-state index is 14.9. The van der Waals surface area contributed by atoms with Gasteiger partial charge < -0.3 is 19.8 Å². The highest BCUT2D eigenvalue weighted by Crippen LogP contribution is 2.45. The molecule has 0 aromatic carbocycles. The molecule has 59 heavy (non-hydrogen) atoms. The van der Waals surface area contributed by atoms with E-state index in [0.717, 1.165) is 95.2 Å². The molecule has 2 N–H and O–H groups in total. The van der Waals surface area contributed by atoms with E-state index in [4.69, 9.17) is 19.5 Å². The van der Waals surface area contributed by atoms with Crippen molar-refractivity contribution in [1.29, 1.82) is 0 Å². The Bertz CT molecular complexity index is 2030. The molecule has 0 saturated carbocycles. The second-order valence-electron chi connectivity index (χ2n) is 17.7. The Labute approximate surface area is 352 Å². The summed E-state index contributed by atoms with van der Waals surface area (Å²) in [6.07, 6.45) is 18.4. The van der Waals surface area contributed by atoms with Gasteiger partial charge in [0.25, 0.3) is 5.91 Å². The Morgan fingerprint density at radius 2 is 1.51 bits per heavy atom. The Kier molecular flexibility index (Phi) is 15.1. The van der Waals surface area contributed by atoms with Crippen LogP contribution in [0, 0.1) is 36.5 Å². The van der Waals surface area contributed by atoms with Crippen molar-refractivity contribution in [1.82, 2.24) is 15.2 Å². The molecule has 0 radical (unpaired) electrons. The molecular weight excluding hydrogens is 739 g/mol. The van der Waals surface area contributed by atoms with Crippen LogP contribution in [0.5, 0.6) is 0 Å². The van der Waals surface area contributed by atoms with Crippen LogP contribution in [0.1, 0.15) is 156 Å². The number of hydrogen-bond donors (Lipinski definition) is 2. The number of unbranched alkanes of at least 4 members (excludes halogenated alkanes) is 7. The number of ether oxygens (including phenoxy) is 2. The van der Waals surface area contributed by atoms with Crippen LogP contribution in [-0.4, -0.2) is 64.9 Å². The smallest absolute Gasteiger partial charge is 0.305 e. The lowest BCUT2D eigenvalue weighted by molar-refractivity contribution is -0.148. The van der Waals surface area contributed by atoms with Crippen LogP contribution < -0.4 is 16.0 Å². The van der Waals surface area contributed by atoms with Gasteiger partial charge in [0.15, 0.2) is 0 Å². The molecule has 6 rings (SSSR count). The summed E-state index contributed by atoms with van der Waals surface area (Å²) >= 11 is 0. The lowest BCUT2D eigenvalue weighted by Crippen LogP contribution is -2.55. The molecule has 1 fully saturated rings. The van der Waals surface area contributed by atoms with E-state index in [-0.39, 0.29) is 54.0 Å². The van der Waals surface area contributed by atoms with Crippen LogP contribution in [-0.2, 0) is 23.9 Å². The van der Waals surface area contributed by atoms with Gasteiger partial charge in [-0.2, -0.15) is 0 Å². The molecule has 2 unspecified atom stereocenters. The number of esters is 1. The molecule has 8 bridgehead atoms. The summed E-state index contributed by atoms with van der Waals surface area (Å²) in [6, 6.07) is -0.569. The number of allylic oxidation sites excluding steroid dienone is 3. The van der Waals surface area contributed by atoms with Crippen molar-refractivity contribution < 1.29 is 23.9 Å². The summed E-state index contributed by atoms with van der Waals surface area (Å²) in [5, 5.41) is 5.65. The Morgan fingerprint density at radius 1 is 0.831 bits per heavy atom. The molecule has 6 heterocycles. The van der Waals surface area contributed by atoms with Crippen molar-refractivity contribution in [3.05, 3.63) is 56.1 Å². The number of likely N-dealkylation sites (tertiary alicyclic amines) is 1. The Hall–Kier alpha value is -4.05. The summed E-state index contributed by atoms with van der Waals surface area (Å²) in [6.45, 7) is 20.8. The molecule has 1 aromatic rings. The van der Waals surface area contributed by atoms with E-state index in [0.29, 0.717) is 37.4 Å². The molecular formula is C49H71N5O5. The number of H-pyrrole nitrogens is 1. The number of amides is 2. The zero-order chi connectivity index (χ0) is 42.4. The maximum Gasteiger partial charge on any atom is 0.305 e. The zero-order valence-corrected chi connectivity index (χ0v) is 37.5. The number of aliphatic imine (C=N–C) groups is 2. The van der Waals surface area contributed by atoms with Gasteiger partial charge in [0.1, 0.15) is 0 Å². The van der Waals surface area contributed by atoms with Gasteiger partial charge in [-0.05, 0) is 82.2 Å². The van der Waals surface area contributed by atoms with Gasteiger partial charge in [-0.3, -0.25) is 29.3 Å². The third-order valence-electron chi connectivity index (χ3n) is 13.6. The van der Waals surface area contributed by atoms with E-state index in [1.807, 2.05) is 13.8 Å². The number of nitrogens with one attached hydrogen (secondary N) is 2. The van der Waals surface area contributed by atoms with Crippen LogP contribution in [0.2, 0.25) is 0 Å². The minimum atomic E-state index is -0.569. The number of hydrogen-bond acceptors (Lipinski definition) is 8. The van der Waals surface area contributed by atoms with Gasteiger partial charge in [0.05, 0.1) is 35.9 Å². The van der Waals surface area contributed by atoms with E-state index >= 15 is 0 Å². The molecule has 5 aliphatic rings. The summed E-state index contributed by atoms with van der Waals surface area (Å²) in [7, 11) is 0. The van der Waals surface area contributed by atoms with Gasteiger partial charge in [0, 0.05) is 82.3 Å². The second kappa shape index (κ2) is 20.0. The SMILES string of the molecule is CCCCCCCO[C@@H](C)c1c(C)/c2[nH]/c1=C\C1=NC(=C\C3=C(C)C4C(=O)N(CCCCCC)C(=O)/C(=C5N=C(\C=2)[C@@H](C)[C@@H]/5CCC(=O)OCCC)C4N3)/[C@H](CC)[C@H]1C. The van der Waals surface area contributed by atoms with Crippen molar-refractivity contribution in [3.8, 4) is 0 Å². The predicted molar refractivity (Wildman–Crippen MR) is 237 cm³/mol. The quantitative estimate of drug-likeness (QED) is 0.0821. The lowest BCUT2D eigenvalue weighted by atomic mass is 9.79. The first kappa shape index (κ1) is 44.5. The standard InChI is InChI=1S/C49H71N5O5/c1-10-14-16-18-20-25-58-33(9)43-31(7)38-26-37-30(6)35(21-22-42(55)59-24-12-3)46(52-37)45-47-44(48(56)54(49(45)57)23-19-17-15-11-2)32(8)39(53-47)27-40-34(13-4)29(5)36(50-40)28-41(43)51-38/h26-30,33-35,44,47,51,53H,10-25H2,1-9H3/b38-26-,40-27-,41-28-,46-45+/t29-,30+,33+,34-,35+,44?,47?/m1/s1. The largest absolute Gasteiger partial charge is 0.466 e. The molecule has 0 aliphatic carbocycles. The zero-order valence-electron chi connectivity index (χ0n) is 37.5. The molecule has 5 aliphatic heterocycles. The molecule has 1 saturated heterocycles. The number of rotatable bonds is 19. The van der Waals surface area contributed by atoms with Crippen LogP contribution in [0.15, 0.2) is 44.3 Å². The van der Waals surface area contributed by atoms with E-state index in [9.17, 15) is 14.4 Å². The average Bonchev–Trinajstić information content (AvgIpc) is 3.90. The number of aromatic nitrogens is 1. The number of fused-ring (bicyclic) bond motifs is 5. The highest BCUT2D eigenvalue weighted by Gasteiger charge is 2.52. The Balaban J connectivity index is 1.54. The van der Waals surface area contributed by atoms with Gasteiger partial charge in [-0.1, -0.05) is 86.5 Å². The Morgan fingerprint density at radius 3 is 2.22 bits per heavy atom. The monoisotopic (exact) mass is 810 g/mol. The van der Waals surface area contributed by atoms with Crippen LogP contribution in [0.25, 0.3) is 12.2 Å². The molecule has 7 atom stereocenters. The first-order chi connectivity index (χ1) is 28.4. The van der Waals surface area contributed by atoms with Gasteiger partial charge >= 0.3 is 5.97 Å². The highest BCUT2D eigenvalue weighted by atomic mass is 16.5. The normalized spacial score (nSPS) is 28.7. The first-order valence-corrected chi connectivity index (χ1v) is 23.1. The topological polar surface area (TPSA) is 125 Å². The number of imide groups is 1. The first-order valence-electron chi connectivity index (χ1n) is 23.1. The van der Waals surface area contributed by atoms with E-state index in [1.165, 1.54) is 30.6 Å². The van der Waals surface area contributed by atoms with E-state index < -0.39 is 12.0 Å². The predicted octanol–water partition coefficient (Wildman–Crippen LogP) is 8.45. The molecule has 10 nitrogen and oxygen atoms in total. The van der Waals surface area contributed by atoms with Crippen molar-refractivity contribution in [3.63, 3.8) is 0 Å². The number of carbonyl (C=O) groups is 3.